The van der Waals surface area contributed by atoms with Crippen molar-refractivity contribution in [3.63, 3.8) is 0 Å². The Bertz CT molecular complexity index is 469. The van der Waals surface area contributed by atoms with E-state index in [9.17, 15) is 4.79 Å². The summed E-state index contributed by atoms with van der Waals surface area (Å²) in [4.78, 5) is 22.5. The van der Waals surface area contributed by atoms with E-state index >= 15 is 0 Å². The molecule has 1 saturated heterocycles. The second-order valence-electron chi connectivity index (χ2n) is 5.08. The number of carbonyl (C=O) groups is 1. The van der Waals surface area contributed by atoms with Gasteiger partial charge in [-0.15, -0.1) is 0 Å². The summed E-state index contributed by atoms with van der Waals surface area (Å²) in [5.41, 5.74) is 5.37. The fraction of sp³-hybridized carbons (Fsp3) is 0.643. The number of nitrogens with one attached hydrogen (secondary N) is 1. The Hall–Kier alpha value is -1.85. The van der Waals surface area contributed by atoms with Gasteiger partial charge in [-0.05, 0) is 19.8 Å². The van der Waals surface area contributed by atoms with Crippen LogP contribution in [0.2, 0.25) is 0 Å². The summed E-state index contributed by atoms with van der Waals surface area (Å²) in [6, 6.07) is 1.98. The highest BCUT2D eigenvalue weighted by molar-refractivity contribution is 5.77. The third kappa shape index (κ3) is 3.37. The number of aryl methyl sites for hydroxylation is 1. The van der Waals surface area contributed by atoms with Crippen molar-refractivity contribution in [2.75, 3.05) is 29.9 Å². The number of carbonyl (C=O) groups excluding carboxylic acids is 1. The molecule has 0 bridgehead atoms. The van der Waals surface area contributed by atoms with Crippen LogP contribution < -0.4 is 16.0 Å². The molecule has 6 nitrogen and oxygen atoms in total. The minimum absolute atomic E-state index is 0.00645. The lowest BCUT2D eigenvalue weighted by Gasteiger charge is -2.31. The van der Waals surface area contributed by atoms with Crippen molar-refractivity contribution in [1.29, 1.82) is 0 Å². The molecule has 0 aromatic carbocycles. The van der Waals surface area contributed by atoms with E-state index < -0.39 is 0 Å². The Morgan fingerprint density at radius 3 is 2.65 bits per heavy atom. The molecule has 0 spiro atoms. The van der Waals surface area contributed by atoms with E-state index in [1.807, 2.05) is 19.9 Å². The first-order valence-corrected chi connectivity index (χ1v) is 7.30. The van der Waals surface area contributed by atoms with Crippen LogP contribution in [0.15, 0.2) is 6.07 Å². The molecule has 3 N–H and O–H groups in total. The van der Waals surface area contributed by atoms with E-state index in [-0.39, 0.29) is 11.8 Å². The van der Waals surface area contributed by atoms with E-state index in [4.69, 9.17) is 5.73 Å². The number of primary amides is 1. The average molecular weight is 277 g/mol. The number of piperidine rings is 1. The first kappa shape index (κ1) is 14.6. The summed E-state index contributed by atoms with van der Waals surface area (Å²) in [6.45, 7) is 6.57. The van der Waals surface area contributed by atoms with Gasteiger partial charge in [-0.25, -0.2) is 9.97 Å². The lowest BCUT2D eigenvalue weighted by molar-refractivity contribution is -0.122. The molecule has 6 heteroatoms. The van der Waals surface area contributed by atoms with Gasteiger partial charge in [0.2, 0.25) is 5.91 Å². The van der Waals surface area contributed by atoms with Gasteiger partial charge < -0.3 is 16.0 Å². The normalized spacial score (nSPS) is 16.2. The molecule has 1 aliphatic rings. The summed E-state index contributed by atoms with van der Waals surface area (Å²) < 4.78 is 0. The van der Waals surface area contributed by atoms with Crippen LogP contribution in [0.1, 0.15) is 32.5 Å². The maximum absolute atomic E-state index is 11.2. The van der Waals surface area contributed by atoms with E-state index in [0.29, 0.717) is 0 Å². The van der Waals surface area contributed by atoms with Gasteiger partial charge in [0.1, 0.15) is 17.5 Å². The van der Waals surface area contributed by atoms with Crippen LogP contribution in [-0.4, -0.2) is 35.5 Å². The molecule has 2 rings (SSSR count). The minimum atomic E-state index is -0.185. The van der Waals surface area contributed by atoms with Crippen molar-refractivity contribution < 1.29 is 4.79 Å². The summed E-state index contributed by atoms with van der Waals surface area (Å²) in [6.07, 6.45) is 2.42. The van der Waals surface area contributed by atoms with Gasteiger partial charge in [-0.2, -0.15) is 0 Å². The number of aromatic nitrogens is 2. The van der Waals surface area contributed by atoms with Gasteiger partial charge >= 0.3 is 0 Å². The molecule has 0 radical (unpaired) electrons. The highest BCUT2D eigenvalue weighted by atomic mass is 16.1. The van der Waals surface area contributed by atoms with Crippen molar-refractivity contribution in [3.05, 3.63) is 11.9 Å². The van der Waals surface area contributed by atoms with Crippen LogP contribution in [0.4, 0.5) is 11.6 Å². The second kappa shape index (κ2) is 6.54. The quantitative estimate of drug-likeness (QED) is 0.844. The number of hydrogen-bond acceptors (Lipinski definition) is 5. The first-order chi connectivity index (χ1) is 9.63. The lowest BCUT2D eigenvalue weighted by atomic mass is 9.96. The number of rotatable bonds is 5. The zero-order valence-corrected chi connectivity index (χ0v) is 12.2. The largest absolute Gasteiger partial charge is 0.370 e. The highest BCUT2D eigenvalue weighted by Gasteiger charge is 2.24. The van der Waals surface area contributed by atoms with Crippen LogP contribution in [0.3, 0.4) is 0 Å². The molecule has 0 aliphatic carbocycles. The molecule has 0 unspecified atom stereocenters. The molecule has 1 amide bonds. The summed E-state index contributed by atoms with van der Waals surface area (Å²) >= 11 is 0. The molecule has 20 heavy (non-hydrogen) atoms. The standard InChI is InChI=1S/C14H23N5O/c1-3-11-17-12(16-4-2)9-13(18-11)19-7-5-10(6-8-19)14(15)20/h9-10H,3-8H2,1-2H3,(H2,15,20)(H,16,17,18). The van der Waals surface area contributed by atoms with Crippen molar-refractivity contribution in [3.8, 4) is 0 Å². The van der Waals surface area contributed by atoms with E-state index in [1.165, 1.54) is 0 Å². The van der Waals surface area contributed by atoms with Gasteiger partial charge in [0.05, 0.1) is 0 Å². The molecule has 1 aromatic rings. The molecule has 1 aromatic heterocycles. The molecule has 110 valence electrons. The minimum Gasteiger partial charge on any atom is -0.370 e. The van der Waals surface area contributed by atoms with E-state index in [0.717, 1.165) is 56.4 Å². The number of amides is 1. The number of nitrogens with two attached hydrogens (primary N) is 1. The van der Waals surface area contributed by atoms with Crippen molar-refractivity contribution in [2.24, 2.45) is 11.7 Å². The fourth-order valence-corrected chi connectivity index (χ4v) is 2.47. The topological polar surface area (TPSA) is 84.1 Å². The Balaban J connectivity index is 2.12. The van der Waals surface area contributed by atoms with Crippen LogP contribution in [0.25, 0.3) is 0 Å². The highest BCUT2D eigenvalue weighted by Crippen LogP contribution is 2.23. The zero-order valence-electron chi connectivity index (χ0n) is 12.2. The van der Waals surface area contributed by atoms with E-state index in [1.54, 1.807) is 0 Å². The summed E-state index contributed by atoms with van der Waals surface area (Å²) in [7, 11) is 0. The maximum Gasteiger partial charge on any atom is 0.220 e. The SMILES string of the molecule is CCNc1cc(N2CCC(C(N)=O)CC2)nc(CC)n1. The lowest BCUT2D eigenvalue weighted by Crippen LogP contribution is -2.39. The van der Waals surface area contributed by atoms with Gasteiger partial charge in [-0.1, -0.05) is 6.92 Å². The molecule has 1 fully saturated rings. The van der Waals surface area contributed by atoms with Gasteiger partial charge in [0.15, 0.2) is 0 Å². The molecule has 0 atom stereocenters. The smallest absolute Gasteiger partial charge is 0.220 e. The van der Waals surface area contributed by atoms with Gasteiger partial charge in [-0.3, -0.25) is 4.79 Å². The second-order valence-corrected chi connectivity index (χ2v) is 5.08. The average Bonchev–Trinajstić information content (AvgIpc) is 2.47. The Morgan fingerprint density at radius 1 is 1.40 bits per heavy atom. The molecule has 0 saturated carbocycles. The number of nitrogens with zero attached hydrogens (tertiary/aromatic N) is 3. The van der Waals surface area contributed by atoms with Crippen molar-refractivity contribution in [2.45, 2.75) is 33.1 Å². The zero-order chi connectivity index (χ0) is 14.5. The number of hydrogen-bond donors (Lipinski definition) is 2. The van der Waals surface area contributed by atoms with Crippen molar-refractivity contribution in [1.82, 2.24) is 9.97 Å². The van der Waals surface area contributed by atoms with Gasteiger partial charge in [0.25, 0.3) is 0 Å². The van der Waals surface area contributed by atoms with Gasteiger partial charge in [0, 0.05) is 38.0 Å². The molecular formula is C14H23N5O. The van der Waals surface area contributed by atoms with Crippen LogP contribution in [0.5, 0.6) is 0 Å². The van der Waals surface area contributed by atoms with Crippen LogP contribution in [-0.2, 0) is 11.2 Å². The maximum atomic E-state index is 11.2. The molecule has 1 aliphatic heterocycles. The van der Waals surface area contributed by atoms with Crippen LogP contribution in [0, 0.1) is 5.92 Å². The number of anilines is 2. The molecule has 2 heterocycles. The fourth-order valence-electron chi connectivity index (χ4n) is 2.47. The summed E-state index contributed by atoms with van der Waals surface area (Å²) in [5.74, 6) is 2.47. The first-order valence-electron chi connectivity index (χ1n) is 7.30. The third-order valence-electron chi connectivity index (χ3n) is 3.65. The Labute approximate surface area is 119 Å². The van der Waals surface area contributed by atoms with E-state index in [2.05, 4.69) is 20.2 Å². The van der Waals surface area contributed by atoms with Crippen LogP contribution >= 0.6 is 0 Å². The monoisotopic (exact) mass is 277 g/mol. The third-order valence-corrected chi connectivity index (χ3v) is 3.65. The Morgan fingerprint density at radius 2 is 2.10 bits per heavy atom. The Kier molecular flexibility index (Phi) is 4.76. The summed E-state index contributed by atoms with van der Waals surface area (Å²) in [5, 5.41) is 3.24. The molecular weight excluding hydrogens is 254 g/mol. The predicted molar refractivity (Wildman–Crippen MR) is 79.7 cm³/mol. The van der Waals surface area contributed by atoms with Crippen molar-refractivity contribution >= 4 is 17.5 Å². The predicted octanol–water partition coefficient (Wildman–Crippen LogP) is 1.17.